The van der Waals surface area contributed by atoms with E-state index in [-0.39, 0.29) is 12.1 Å². The highest BCUT2D eigenvalue weighted by Gasteiger charge is 2.12. The summed E-state index contributed by atoms with van der Waals surface area (Å²) in [4.78, 5) is 11.4. The van der Waals surface area contributed by atoms with Crippen LogP contribution >= 0.6 is 11.8 Å². The fraction of sp³-hybridized carbons (Fsp3) is 0.909. The van der Waals surface area contributed by atoms with Crippen LogP contribution in [0.3, 0.4) is 0 Å². The molecule has 0 aromatic rings. The Morgan fingerprint density at radius 3 is 2.50 bits per heavy atom. The quantitative estimate of drug-likeness (QED) is 0.614. The van der Waals surface area contributed by atoms with Gasteiger partial charge in [-0.15, -0.1) is 0 Å². The van der Waals surface area contributed by atoms with Crippen molar-refractivity contribution in [1.82, 2.24) is 0 Å². The second-order valence-electron chi connectivity index (χ2n) is 3.59. The highest BCUT2D eigenvalue weighted by atomic mass is 32.2. The maximum Gasteiger partial charge on any atom is 0.307 e. The standard InChI is InChI=1S/C11H22O2S/c1-5-7-14-10(4)8-11(12)13-9(3)6-2/h9-10H,5-8H2,1-4H3. The molecule has 3 heteroatoms. The highest BCUT2D eigenvalue weighted by Crippen LogP contribution is 2.15. The second kappa shape index (κ2) is 8.16. The Labute approximate surface area is 91.8 Å². The van der Waals surface area contributed by atoms with Crippen LogP contribution in [-0.4, -0.2) is 23.1 Å². The topological polar surface area (TPSA) is 26.3 Å². The summed E-state index contributed by atoms with van der Waals surface area (Å²) in [5, 5.41) is 0.381. The molecule has 0 rings (SSSR count). The SMILES string of the molecule is CCCSC(C)CC(=O)OC(C)CC. The third-order valence-corrected chi connectivity index (χ3v) is 3.35. The fourth-order valence-electron chi connectivity index (χ4n) is 0.969. The smallest absolute Gasteiger partial charge is 0.307 e. The maximum absolute atomic E-state index is 11.4. The molecule has 0 aliphatic rings. The first kappa shape index (κ1) is 13.8. The first-order valence-corrected chi connectivity index (χ1v) is 6.46. The molecule has 2 nitrogen and oxygen atoms in total. The Kier molecular flexibility index (Phi) is 8.05. The minimum atomic E-state index is -0.0598. The van der Waals surface area contributed by atoms with Crippen LogP contribution in [0.15, 0.2) is 0 Å². The van der Waals surface area contributed by atoms with Crippen molar-refractivity contribution in [3.05, 3.63) is 0 Å². The Balaban J connectivity index is 3.60. The Morgan fingerprint density at radius 1 is 1.36 bits per heavy atom. The molecule has 0 fully saturated rings. The third kappa shape index (κ3) is 7.25. The van der Waals surface area contributed by atoms with Crippen molar-refractivity contribution in [1.29, 1.82) is 0 Å². The lowest BCUT2D eigenvalue weighted by atomic mass is 10.3. The van der Waals surface area contributed by atoms with Crippen molar-refractivity contribution < 1.29 is 9.53 Å². The number of ether oxygens (including phenoxy) is 1. The molecule has 0 N–H and O–H groups in total. The molecule has 0 saturated heterocycles. The van der Waals surface area contributed by atoms with Gasteiger partial charge in [0.25, 0.3) is 0 Å². The molecular weight excluding hydrogens is 196 g/mol. The van der Waals surface area contributed by atoms with E-state index < -0.39 is 0 Å². The molecule has 0 heterocycles. The van der Waals surface area contributed by atoms with E-state index in [4.69, 9.17) is 4.74 Å². The van der Waals surface area contributed by atoms with Crippen molar-refractivity contribution >= 4 is 17.7 Å². The zero-order chi connectivity index (χ0) is 11.0. The van der Waals surface area contributed by atoms with Gasteiger partial charge in [0.05, 0.1) is 12.5 Å². The molecule has 0 aliphatic carbocycles. The van der Waals surface area contributed by atoms with Crippen LogP contribution in [0.1, 0.15) is 47.0 Å². The molecule has 0 saturated carbocycles. The average Bonchev–Trinajstić information content (AvgIpc) is 2.14. The maximum atomic E-state index is 11.4. The van der Waals surface area contributed by atoms with Gasteiger partial charge >= 0.3 is 5.97 Å². The summed E-state index contributed by atoms with van der Waals surface area (Å²) >= 11 is 1.84. The fourth-order valence-corrected chi connectivity index (χ4v) is 1.86. The molecule has 0 radical (unpaired) electrons. The monoisotopic (exact) mass is 218 g/mol. The number of hydrogen-bond donors (Lipinski definition) is 0. The van der Waals surface area contributed by atoms with Crippen LogP contribution < -0.4 is 0 Å². The van der Waals surface area contributed by atoms with Crippen molar-refractivity contribution in [2.45, 2.75) is 58.3 Å². The molecule has 2 atom stereocenters. The van der Waals surface area contributed by atoms with Crippen LogP contribution in [0.2, 0.25) is 0 Å². The lowest BCUT2D eigenvalue weighted by Crippen LogP contribution is -2.17. The first-order chi connectivity index (χ1) is 6.60. The van der Waals surface area contributed by atoms with Gasteiger partial charge in [-0.3, -0.25) is 4.79 Å². The van der Waals surface area contributed by atoms with Crippen LogP contribution in [0.4, 0.5) is 0 Å². The predicted octanol–water partition coefficient (Wildman–Crippen LogP) is 3.25. The van der Waals surface area contributed by atoms with Crippen molar-refractivity contribution in [3.8, 4) is 0 Å². The minimum absolute atomic E-state index is 0.0598. The Morgan fingerprint density at radius 2 is 2.00 bits per heavy atom. The summed E-state index contributed by atoms with van der Waals surface area (Å²) in [6.07, 6.45) is 2.65. The molecule has 0 aromatic carbocycles. The summed E-state index contributed by atoms with van der Waals surface area (Å²) in [5.41, 5.74) is 0. The van der Waals surface area contributed by atoms with Crippen LogP contribution in [0, 0.1) is 0 Å². The van der Waals surface area contributed by atoms with Gasteiger partial charge in [0.15, 0.2) is 0 Å². The van der Waals surface area contributed by atoms with Crippen LogP contribution in [-0.2, 0) is 9.53 Å². The zero-order valence-corrected chi connectivity index (χ0v) is 10.5. The summed E-state index contributed by atoms with van der Waals surface area (Å²) < 4.78 is 5.20. The van der Waals surface area contributed by atoms with Gasteiger partial charge in [-0.2, -0.15) is 11.8 Å². The summed E-state index contributed by atoms with van der Waals surface area (Å²) in [6, 6.07) is 0. The Bertz CT molecular complexity index is 159. The molecular formula is C11H22O2S. The van der Waals surface area contributed by atoms with Crippen molar-refractivity contribution in [2.75, 3.05) is 5.75 Å². The van der Waals surface area contributed by atoms with E-state index >= 15 is 0 Å². The molecule has 2 unspecified atom stereocenters. The Hall–Kier alpha value is -0.180. The van der Waals surface area contributed by atoms with Gasteiger partial charge in [-0.25, -0.2) is 0 Å². The molecule has 14 heavy (non-hydrogen) atoms. The lowest BCUT2D eigenvalue weighted by Gasteiger charge is -2.13. The molecule has 0 aliphatic heterocycles. The van der Waals surface area contributed by atoms with Gasteiger partial charge < -0.3 is 4.74 Å². The van der Waals surface area contributed by atoms with Crippen LogP contribution in [0.5, 0.6) is 0 Å². The molecule has 0 spiro atoms. The van der Waals surface area contributed by atoms with Crippen molar-refractivity contribution in [3.63, 3.8) is 0 Å². The van der Waals surface area contributed by atoms with E-state index in [1.54, 1.807) is 0 Å². The number of hydrogen-bond acceptors (Lipinski definition) is 3. The lowest BCUT2D eigenvalue weighted by molar-refractivity contribution is -0.148. The average molecular weight is 218 g/mol. The first-order valence-electron chi connectivity index (χ1n) is 5.41. The summed E-state index contributed by atoms with van der Waals surface area (Å²) in [6.45, 7) is 8.18. The molecule has 0 bridgehead atoms. The second-order valence-corrected chi connectivity index (χ2v) is 5.14. The number of esters is 1. The summed E-state index contributed by atoms with van der Waals surface area (Å²) in [5.74, 6) is 1.06. The number of carbonyl (C=O) groups excluding carboxylic acids is 1. The summed E-state index contributed by atoms with van der Waals surface area (Å²) in [7, 11) is 0. The van der Waals surface area contributed by atoms with E-state index in [9.17, 15) is 4.79 Å². The van der Waals surface area contributed by atoms with Gasteiger partial charge in [0.1, 0.15) is 0 Å². The highest BCUT2D eigenvalue weighted by molar-refractivity contribution is 7.99. The molecule has 0 aromatic heterocycles. The van der Waals surface area contributed by atoms with E-state index in [1.165, 1.54) is 0 Å². The predicted molar refractivity (Wildman–Crippen MR) is 62.7 cm³/mol. The van der Waals surface area contributed by atoms with E-state index in [1.807, 2.05) is 25.6 Å². The number of thioether (sulfide) groups is 1. The van der Waals surface area contributed by atoms with E-state index in [0.29, 0.717) is 11.7 Å². The van der Waals surface area contributed by atoms with E-state index in [2.05, 4.69) is 13.8 Å². The number of carbonyl (C=O) groups is 1. The largest absolute Gasteiger partial charge is 0.463 e. The van der Waals surface area contributed by atoms with Gasteiger partial charge in [-0.05, 0) is 25.5 Å². The molecule has 0 amide bonds. The third-order valence-electron chi connectivity index (χ3n) is 1.97. The minimum Gasteiger partial charge on any atom is -0.463 e. The van der Waals surface area contributed by atoms with Crippen molar-refractivity contribution in [2.24, 2.45) is 0 Å². The normalized spacial score (nSPS) is 14.9. The van der Waals surface area contributed by atoms with Gasteiger partial charge in [0.2, 0.25) is 0 Å². The van der Waals surface area contributed by atoms with Gasteiger partial charge in [-0.1, -0.05) is 20.8 Å². The van der Waals surface area contributed by atoms with E-state index in [0.717, 1.165) is 18.6 Å². The van der Waals surface area contributed by atoms with Crippen LogP contribution in [0.25, 0.3) is 0 Å². The number of rotatable bonds is 7. The zero-order valence-electron chi connectivity index (χ0n) is 9.71. The van der Waals surface area contributed by atoms with Gasteiger partial charge in [0, 0.05) is 5.25 Å². The molecule has 84 valence electrons.